The van der Waals surface area contributed by atoms with Gasteiger partial charge in [0.15, 0.2) is 0 Å². The molecule has 0 saturated heterocycles. The molecule has 0 spiro atoms. The Morgan fingerprint density at radius 2 is 1.82 bits per heavy atom. The van der Waals surface area contributed by atoms with Gasteiger partial charge in [-0.3, -0.25) is 4.79 Å². The highest BCUT2D eigenvalue weighted by atomic mass is 19.1. The third-order valence-electron chi connectivity index (χ3n) is 2.92. The summed E-state index contributed by atoms with van der Waals surface area (Å²) >= 11 is 0. The van der Waals surface area contributed by atoms with Gasteiger partial charge in [0.25, 0.3) is 5.91 Å². The summed E-state index contributed by atoms with van der Waals surface area (Å²) in [7, 11) is 0. The Morgan fingerprint density at radius 3 is 2.55 bits per heavy atom. The molecule has 2 rings (SSSR count). The summed E-state index contributed by atoms with van der Waals surface area (Å²) in [5.74, 6) is -1.49. The van der Waals surface area contributed by atoms with E-state index in [9.17, 15) is 14.0 Å². The fourth-order valence-electron chi connectivity index (χ4n) is 1.82. The summed E-state index contributed by atoms with van der Waals surface area (Å²) in [4.78, 5) is 23.9. The molecule has 22 heavy (non-hydrogen) atoms. The molecule has 0 aliphatic rings. The maximum absolute atomic E-state index is 13.5. The molecule has 0 radical (unpaired) electrons. The summed E-state index contributed by atoms with van der Waals surface area (Å²) in [6.07, 6.45) is 0.721. The van der Waals surface area contributed by atoms with Crippen LogP contribution in [0.4, 0.5) is 10.1 Å². The predicted molar refractivity (Wildman–Crippen MR) is 81.4 cm³/mol. The first-order valence-electron chi connectivity index (χ1n) is 6.95. The van der Waals surface area contributed by atoms with Crippen LogP contribution in [0.1, 0.15) is 34.1 Å². The highest BCUT2D eigenvalue weighted by molar-refractivity contribution is 6.05. The van der Waals surface area contributed by atoms with Crippen LogP contribution < -0.4 is 5.32 Å². The van der Waals surface area contributed by atoms with E-state index in [4.69, 9.17) is 4.74 Å². The second kappa shape index (κ2) is 7.36. The van der Waals surface area contributed by atoms with Gasteiger partial charge in [0.1, 0.15) is 5.82 Å². The molecule has 0 heterocycles. The van der Waals surface area contributed by atoms with Crippen molar-refractivity contribution in [2.75, 3.05) is 11.9 Å². The monoisotopic (exact) mass is 301 g/mol. The number of hydrogen-bond donors (Lipinski definition) is 1. The van der Waals surface area contributed by atoms with Crippen LogP contribution in [0.3, 0.4) is 0 Å². The molecule has 1 N–H and O–H groups in total. The number of para-hydroxylation sites is 1. The number of anilines is 1. The first-order valence-corrected chi connectivity index (χ1v) is 6.95. The normalized spacial score (nSPS) is 10.1. The molecule has 0 aliphatic heterocycles. The highest BCUT2D eigenvalue weighted by Crippen LogP contribution is 2.15. The molecule has 2 aromatic carbocycles. The summed E-state index contributed by atoms with van der Waals surface area (Å²) in [5.41, 5.74) is 0.635. The second-order valence-corrected chi connectivity index (χ2v) is 4.65. The van der Waals surface area contributed by atoms with Gasteiger partial charge in [-0.25, -0.2) is 9.18 Å². The highest BCUT2D eigenvalue weighted by Gasteiger charge is 2.12. The van der Waals surface area contributed by atoms with Gasteiger partial charge in [0, 0.05) is 5.56 Å². The molecule has 0 unspecified atom stereocenters. The largest absolute Gasteiger partial charge is 0.462 e. The molecule has 0 aromatic heterocycles. The van der Waals surface area contributed by atoms with E-state index in [1.807, 2.05) is 6.92 Å². The standard InChI is InChI=1S/C17H16FNO3/c1-2-10-22-17(21)13-7-5-6-12(11-13)16(20)19-15-9-4-3-8-14(15)18/h3-9,11H,2,10H2,1H3,(H,19,20). The van der Waals surface area contributed by atoms with Crippen LogP contribution in [-0.4, -0.2) is 18.5 Å². The van der Waals surface area contributed by atoms with Crippen molar-refractivity contribution in [3.05, 3.63) is 65.5 Å². The van der Waals surface area contributed by atoms with Crippen LogP contribution >= 0.6 is 0 Å². The van der Waals surface area contributed by atoms with Gasteiger partial charge in [-0.2, -0.15) is 0 Å². The lowest BCUT2D eigenvalue weighted by atomic mass is 10.1. The fraction of sp³-hybridized carbons (Fsp3) is 0.176. The molecule has 0 aliphatic carbocycles. The number of amides is 1. The maximum Gasteiger partial charge on any atom is 0.338 e. The zero-order valence-corrected chi connectivity index (χ0v) is 12.1. The molecule has 0 saturated carbocycles. The van der Waals surface area contributed by atoms with E-state index >= 15 is 0 Å². The Morgan fingerprint density at radius 1 is 1.09 bits per heavy atom. The summed E-state index contributed by atoms with van der Waals surface area (Å²) in [6.45, 7) is 2.22. The van der Waals surface area contributed by atoms with Gasteiger partial charge in [0.2, 0.25) is 0 Å². The van der Waals surface area contributed by atoms with Crippen molar-refractivity contribution in [1.29, 1.82) is 0 Å². The number of ether oxygens (including phenoxy) is 1. The van der Waals surface area contributed by atoms with E-state index in [1.165, 1.54) is 24.3 Å². The van der Waals surface area contributed by atoms with E-state index in [2.05, 4.69) is 5.32 Å². The summed E-state index contributed by atoms with van der Waals surface area (Å²) in [6, 6.07) is 12.0. The van der Waals surface area contributed by atoms with Crippen molar-refractivity contribution < 1.29 is 18.7 Å². The summed E-state index contributed by atoms with van der Waals surface area (Å²) < 4.78 is 18.5. The van der Waals surface area contributed by atoms with E-state index in [1.54, 1.807) is 24.3 Å². The number of halogens is 1. The van der Waals surface area contributed by atoms with E-state index in [-0.39, 0.29) is 16.8 Å². The number of benzene rings is 2. The van der Waals surface area contributed by atoms with Crippen molar-refractivity contribution in [3.63, 3.8) is 0 Å². The van der Waals surface area contributed by atoms with E-state index in [0.29, 0.717) is 6.61 Å². The number of hydrogen-bond acceptors (Lipinski definition) is 3. The Balaban J connectivity index is 2.13. The quantitative estimate of drug-likeness (QED) is 0.858. The smallest absolute Gasteiger partial charge is 0.338 e. The van der Waals surface area contributed by atoms with Gasteiger partial charge in [-0.1, -0.05) is 25.1 Å². The lowest BCUT2D eigenvalue weighted by Gasteiger charge is -2.08. The molecule has 5 heteroatoms. The molecule has 4 nitrogen and oxygen atoms in total. The van der Waals surface area contributed by atoms with Gasteiger partial charge < -0.3 is 10.1 Å². The van der Waals surface area contributed by atoms with E-state index in [0.717, 1.165) is 6.42 Å². The van der Waals surface area contributed by atoms with Crippen molar-refractivity contribution in [2.24, 2.45) is 0 Å². The minimum Gasteiger partial charge on any atom is -0.462 e. The fourth-order valence-corrected chi connectivity index (χ4v) is 1.82. The molecular formula is C17H16FNO3. The average Bonchev–Trinajstić information content (AvgIpc) is 2.54. The first-order chi connectivity index (χ1) is 10.6. The molecule has 0 bridgehead atoms. The number of carbonyl (C=O) groups is 2. The van der Waals surface area contributed by atoms with E-state index < -0.39 is 17.7 Å². The van der Waals surface area contributed by atoms with Crippen molar-refractivity contribution in [3.8, 4) is 0 Å². The second-order valence-electron chi connectivity index (χ2n) is 4.65. The SMILES string of the molecule is CCCOC(=O)c1cccc(C(=O)Nc2ccccc2F)c1. The summed E-state index contributed by atoms with van der Waals surface area (Å²) in [5, 5.41) is 2.47. The zero-order valence-electron chi connectivity index (χ0n) is 12.1. The Kier molecular flexibility index (Phi) is 5.25. The minimum atomic E-state index is -0.519. The van der Waals surface area contributed by atoms with Crippen LogP contribution in [-0.2, 0) is 4.74 Å². The third kappa shape index (κ3) is 3.91. The van der Waals surface area contributed by atoms with Crippen LogP contribution in [0.5, 0.6) is 0 Å². The Labute approximate surface area is 127 Å². The lowest BCUT2D eigenvalue weighted by molar-refractivity contribution is 0.0505. The number of esters is 1. The number of nitrogens with one attached hydrogen (secondary N) is 1. The Bertz CT molecular complexity index is 685. The molecule has 2 aromatic rings. The lowest BCUT2D eigenvalue weighted by Crippen LogP contribution is -2.14. The van der Waals surface area contributed by atoms with Crippen LogP contribution in [0.15, 0.2) is 48.5 Å². The molecular weight excluding hydrogens is 285 g/mol. The zero-order chi connectivity index (χ0) is 15.9. The number of rotatable bonds is 5. The van der Waals surface area contributed by atoms with Crippen LogP contribution in [0.2, 0.25) is 0 Å². The molecule has 114 valence electrons. The van der Waals surface area contributed by atoms with Crippen molar-refractivity contribution in [2.45, 2.75) is 13.3 Å². The topological polar surface area (TPSA) is 55.4 Å². The first kappa shape index (κ1) is 15.7. The molecule has 1 amide bonds. The molecule has 0 fully saturated rings. The molecule has 0 atom stereocenters. The van der Waals surface area contributed by atoms with Gasteiger partial charge in [-0.05, 0) is 36.8 Å². The Hall–Kier alpha value is -2.69. The predicted octanol–water partition coefficient (Wildman–Crippen LogP) is 3.64. The minimum absolute atomic E-state index is 0.0893. The van der Waals surface area contributed by atoms with Gasteiger partial charge in [-0.15, -0.1) is 0 Å². The van der Waals surface area contributed by atoms with Crippen LogP contribution in [0, 0.1) is 5.82 Å². The number of carbonyl (C=O) groups excluding carboxylic acids is 2. The van der Waals surface area contributed by atoms with Gasteiger partial charge >= 0.3 is 5.97 Å². The maximum atomic E-state index is 13.5. The van der Waals surface area contributed by atoms with Crippen molar-refractivity contribution in [1.82, 2.24) is 0 Å². The van der Waals surface area contributed by atoms with Gasteiger partial charge in [0.05, 0.1) is 17.9 Å². The third-order valence-corrected chi connectivity index (χ3v) is 2.92. The van der Waals surface area contributed by atoms with Crippen molar-refractivity contribution >= 4 is 17.6 Å². The van der Waals surface area contributed by atoms with Crippen LogP contribution in [0.25, 0.3) is 0 Å². The average molecular weight is 301 g/mol.